The maximum absolute atomic E-state index is 12.1. The fraction of sp³-hybridized carbons (Fsp3) is 0.136. The molecule has 0 saturated carbocycles. The fourth-order valence-electron chi connectivity index (χ4n) is 2.55. The molecule has 0 N–H and O–H groups in total. The molecule has 0 aliphatic rings. The van der Waals surface area contributed by atoms with E-state index in [0.717, 1.165) is 26.7 Å². The highest BCUT2D eigenvalue weighted by atomic mass is 79.9. The minimum absolute atomic E-state index is 0.156. The Morgan fingerprint density at radius 2 is 1.65 bits per heavy atom. The van der Waals surface area contributed by atoms with Crippen molar-refractivity contribution in [2.24, 2.45) is 0 Å². The Bertz CT molecular complexity index is 920. The average Bonchev–Trinajstić information content (AvgIpc) is 2.65. The topological polar surface area (TPSA) is 35.5 Å². The maximum atomic E-state index is 12.1. The second kappa shape index (κ2) is 8.19. The van der Waals surface area contributed by atoms with Gasteiger partial charge in [-0.3, -0.25) is 0 Å². The molecule has 0 bridgehead atoms. The summed E-state index contributed by atoms with van der Waals surface area (Å²) in [5.74, 6) is 0.734. The molecule has 0 aliphatic heterocycles. The van der Waals surface area contributed by atoms with Gasteiger partial charge in [-0.05, 0) is 70.2 Å². The molecular weight excluding hydrogens is 392 g/mol. The first-order valence-electron chi connectivity index (χ1n) is 8.29. The summed E-state index contributed by atoms with van der Waals surface area (Å²) in [5.41, 5.74) is 4.22. The van der Waals surface area contributed by atoms with Crippen LogP contribution < -0.4 is 9.47 Å². The van der Waals surface area contributed by atoms with E-state index in [0.29, 0.717) is 11.5 Å². The molecule has 3 aromatic rings. The average molecular weight is 411 g/mol. The van der Waals surface area contributed by atoms with E-state index >= 15 is 0 Å². The smallest absolute Gasteiger partial charge is 0.349 e. The van der Waals surface area contributed by atoms with Crippen LogP contribution in [-0.4, -0.2) is 12.6 Å². The van der Waals surface area contributed by atoms with Crippen LogP contribution >= 0.6 is 15.9 Å². The zero-order valence-corrected chi connectivity index (χ0v) is 16.2. The number of esters is 1. The number of ether oxygens (including phenoxy) is 2. The van der Waals surface area contributed by atoms with Gasteiger partial charge in [-0.25, -0.2) is 4.79 Å². The first kappa shape index (κ1) is 18.2. The van der Waals surface area contributed by atoms with Crippen LogP contribution in [0.4, 0.5) is 0 Å². The molecule has 0 fully saturated rings. The number of carbonyl (C=O) groups is 1. The summed E-state index contributed by atoms with van der Waals surface area (Å²) in [5, 5.41) is 0. The van der Waals surface area contributed by atoms with Crippen molar-refractivity contribution < 1.29 is 14.3 Å². The molecule has 0 saturated heterocycles. The normalized spacial score (nSPS) is 10.4. The van der Waals surface area contributed by atoms with Gasteiger partial charge in [0.1, 0.15) is 11.5 Å². The second-order valence-corrected chi connectivity index (χ2v) is 6.83. The van der Waals surface area contributed by atoms with Gasteiger partial charge in [-0.15, -0.1) is 0 Å². The van der Waals surface area contributed by atoms with Crippen molar-refractivity contribution in [3.63, 3.8) is 0 Å². The predicted octanol–water partition coefficient (Wildman–Crippen LogP) is 5.72. The maximum Gasteiger partial charge on any atom is 0.349 e. The molecule has 0 aliphatic carbocycles. The molecule has 4 heteroatoms. The monoisotopic (exact) mass is 410 g/mol. The van der Waals surface area contributed by atoms with Crippen LogP contribution in [0.25, 0.3) is 11.1 Å². The minimum atomic E-state index is -0.433. The van der Waals surface area contributed by atoms with Gasteiger partial charge in [-0.2, -0.15) is 0 Å². The van der Waals surface area contributed by atoms with Gasteiger partial charge < -0.3 is 9.47 Å². The standard InChI is InChI=1S/C22H19BrO3/c1-15-7-6-10-20(16(15)2)26-22(24)14-25-21-12-11-18(13-19(21)23)17-8-4-3-5-9-17/h3-13H,14H2,1-2H3. The van der Waals surface area contributed by atoms with Gasteiger partial charge in [0, 0.05) is 0 Å². The molecule has 3 nitrogen and oxygen atoms in total. The van der Waals surface area contributed by atoms with Gasteiger partial charge in [0.2, 0.25) is 0 Å². The summed E-state index contributed by atoms with van der Waals surface area (Å²) in [4.78, 5) is 12.1. The van der Waals surface area contributed by atoms with Crippen LogP contribution in [0.15, 0.2) is 71.2 Å². The molecule has 0 radical (unpaired) electrons. The first-order chi connectivity index (χ1) is 12.5. The number of hydrogen-bond acceptors (Lipinski definition) is 3. The third-order valence-electron chi connectivity index (χ3n) is 4.16. The van der Waals surface area contributed by atoms with Gasteiger partial charge in [0.25, 0.3) is 0 Å². The number of halogens is 1. The lowest BCUT2D eigenvalue weighted by atomic mass is 10.1. The lowest BCUT2D eigenvalue weighted by Crippen LogP contribution is -2.18. The fourth-order valence-corrected chi connectivity index (χ4v) is 3.04. The highest BCUT2D eigenvalue weighted by Gasteiger charge is 2.11. The summed E-state index contributed by atoms with van der Waals surface area (Å²) >= 11 is 3.51. The number of hydrogen-bond donors (Lipinski definition) is 0. The van der Waals surface area contributed by atoms with E-state index in [-0.39, 0.29) is 6.61 Å². The van der Waals surface area contributed by atoms with Crippen LogP contribution in [0.2, 0.25) is 0 Å². The largest absolute Gasteiger partial charge is 0.481 e. The summed E-state index contributed by atoms with van der Waals surface area (Å²) in [6, 6.07) is 21.5. The first-order valence-corrected chi connectivity index (χ1v) is 9.08. The van der Waals surface area contributed by atoms with Crippen molar-refractivity contribution in [3.8, 4) is 22.6 Å². The molecule has 0 aromatic heterocycles. The van der Waals surface area contributed by atoms with Crippen molar-refractivity contribution in [2.45, 2.75) is 13.8 Å². The van der Waals surface area contributed by atoms with E-state index in [4.69, 9.17) is 9.47 Å². The van der Waals surface area contributed by atoms with Crippen LogP contribution in [0.1, 0.15) is 11.1 Å². The number of benzene rings is 3. The Labute approximate surface area is 161 Å². The SMILES string of the molecule is Cc1cccc(OC(=O)COc2ccc(-c3ccccc3)cc2Br)c1C. The van der Waals surface area contributed by atoms with Gasteiger partial charge in [-0.1, -0.05) is 48.5 Å². The zero-order chi connectivity index (χ0) is 18.5. The summed E-state index contributed by atoms with van der Waals surface area (Å²) < 4.78 is 11.8. The Balaban J connectivity index is 1.64. The second-order valence-electron chi connectivity index (χ2n) is 5.97. The van der Waals surface area contributed by atoms with E-state index < -0.39 is 5.97 Å². The highest BCUT2D eigenvalue weighted by Crippen LogP contribution is 2.30. The molecular formula is C22H19BrO3. The Morgan fingerprint density at radius 1 is 0.885 bits per heavy atom. The van der Waals surface area contributed by atoms with E-state index in [1.165, 1.54) is 0 Å². The molecule has 0 atom stereocenters. The Morgan fingerprint density at radius 3 is 2.38 bits per heavy atom. The number of rotatable bonds is 5. The van der Waals surface area contributed by atoms with Crippen LogP contribution in [0.5, 0.6) is 11.5 Å². The van der Waals surface area contributed by atoms with Crippen LogP contribution in [0.3, 0.4) is 0 Å². The molecule has 3 aromatic carbocycles. The van der Waals surface area contributed by atoms with Crippen LogP contribution in [0, 0.1) is 13.8 Å². The molecule has 0 heterocycles. The predicted molar refractivity (Wildman–Crippen MR) is 107 cm³/mol. The van der Waals surface area contributed by atoms with Crippen molar-refractivity contribution in [3.05, 3.63) is 82.3 Å². The Hall–Kier alpha value is -2.59. The molecule has 132 valence electrons. The van der Waals surface area contributed by atoms with Gasteiger partial charge >= 0.3 is 5.97 Å². The summed E-state index contributed by atoms with van der Waals surface area (Å²) in [6.07, 6.45) is 0. The minimum Gasteiger partial charge on any atom is -0.481 e. The van der Waals surface area contributed by atoms with Gasteiger partial charge in [0.15, 0.2) is 6.61 Å². The summed E-state index contributed by atoms with van der Waals surface area (Å²) in [6.45, 7) is 3.75. The third kappa shape index (κ3) is 4.33. The molecule has 0 unspecified atom stereocenters. The zero-order valence-electron chi connectivity index (χ0n) is 14.7. The number of carbonyl (C=O) groups excluding carboxylic acids is 1. The molecule has 26 heavy (non-hydrogen) atoms. The van der Waals surface area contributed by atoms with Crippen molar-refractivity contribution in [2.75, 3.05) is 6.61 Å². The van der Waals surface area contributed by atoms with Crippen LogP contribution in [-0.2, 0) is 4.79 Å². The number of aryl methyl sites for hydroxylation is 1. The van der Waals surface area contributed by atoms with Crippen molar-refractivity contribution in [1.29, 1.82) is 0 Å². The van der Waals surface area contributed by atoms with E-state index in [9.17, 15) is 4.79 Å². The molecule has 0 amide bonds. The third-order valence-corrected chi connectivity index (χ3v) is 4.78. The quantitative estimate of drug-likeness (QED) is 0.398. The molecule has 3 rings (SSSR count). The van der Waals surface area contributed by atoms with E-state index in [1.807, 2.05) is 74.5 Å². The van der Waals surface area contributed by atoms with E-state index in [2.05, 4.69) is 15.9 Å². The van der Waals surface area contributed by atoms with Crippen molar-refractivity contribution >= 4 is 21.9 Å². The lowest BCUT2D eigenvalue weighted by Gasteiger charge is -2.11. The van der Waals surface area contributed by atoms with Crippen molar-refractivity contribution in [1.82, 2.24) is 0 Å². The summed E-state index contributed by atoms with van der Waals surface area (Å²) in [7, 11) is 0. The lowest BCUT2D eigenvalue weighted by molar-refractivity contribution is -0.136. The van der Waals surface area contributed by atoms with Gasteiger partial charge in [0.05, 0.1) is 4.47 Å². The Kier molecular flexibility index (Phi) is 5.74. The molecule has 0 spiro atoms. The van der Waals surface area contributed by atoms with E-state index in [1.54, 1.807) is 6.07 Å². The highest BCUT2D eigenvalue weighted by molar-refractivity contribution is 9.10.